The number of hydrogen-bond donors (Lipinski definition) is 0. The topological polar surface area (TPSA) is 58.4 Å². The van der Waals surface area contributed by atoms with Crippen LogP contribution >= 0.6 is 11.6 Å². The van der Waals surface area contributed by atoms with Crippen LogP contribution in [-0.4, -0.2) is 57.3 Å². The summed E-state index contributed by atoms with van der Waals surface area (Å²) in [5, 5.41) is 0.387. The molecular weight excluding hydrogens is 424 g/mol. The van der Waals surface area contributed by atoms with Gasteiger partial charge in [-0.05, 0) is 36.7 Å². The fraction of sp³-hybridized carbons (Fsp3) is 0.560. The lowest BCUT2D eigenvalue weighted by Crippen LogP contribution is -2.41. The molecule has 172 valence electrons. The molecule has 1 aromatic carbocycles. The molecular formula is C25H33ClN4O2. The van der Waals surface area contributed by atoms with Gasteiger partial charge in [0.15, 0.2) is 5.15 Å². The molecule has 32 heavy (non-hydrogen) atoms. The number of hydrogen-bond acceptors (Lipinski definition) is 3. The van der Waals surface area contributed by atoms with Gasteiger partial charge in [-0.15, -0.1) is 0 Å². The van der Waals surface area contributed by atoms with E-state index in [0.29, 0.717) is 42.3 Å². The summed E-state index contributed by atoms with van der Waals surface area (Å²) in [5.74, 6) is 1.68. The van der Waals surface area contributed by atoms with Gasteiger partial charge in [0, 0.05) is 44.7 Å². The molecule has 4 rings (SSSR count). The molecule has 0 radical (unpaired) electrons. The van der Waals surface area contributed by atoms with Crippen molar-refractivity contribution in [3.63, 3.8) is 0 Å². The fourth-order valence-corrected chi connectivity index (χ4v) is 5.06. The first-order valence-corrected chi connectivity index (χ1v) is 12.2. The molecule has 0 N–H and O–H groups in total. The van der Waals surface area contributed by atoms with E-state index in [4.69, 9.17) is 11.6 Å². The fourth-order valence-electron chi connectivity index (χ4n) is 4.77. The SMILES string of the molecule is CCC(=O)N1CCC(c2ccc(-c3c(Cl)nc4n3CCN(CCC(C)C)C4=O)cc2)CC1. The van der Waals surface area contributed by atoms with Crippen LogP contribution in [0, 0.1) is 5.92 Å². The highest BCUT2D eigenvalue weighted by Gasteiger charge is 2.30. The predicted octanol–water partition coefficient (Wildman–Crippen LogP) is 4.82. The number of likely N-dealkylation sites (tertiary alicyclic amines) is 1. The number of nitrogens with zero attached hydrogens (tertiary/aromatic N) is 4. The Bertz CT molecular complexity index is 975. The maximum absolute atomic E-state index is 12.9. The normalized spacial score (nSPS) is 17.2. The number of fused-ring (bicyclic) bond motifs is 1. The van der Waals surface area contributed by atoms with E-state index in [-0.39, 0.29) is 11.8 Å². The molecule has 6 nitrogen and oxygen atoms in total. The monoisotopic (exact) mass is 456 g/mol. The molecule has 2 aliphatic rings. The van der Waals surface area contributed by atoms with Crippen LogP contribution in [0.3, 0.4) is 0 Å². The van der Waals surface area contributed by atoms with Crippen LogP contribution in [-0.2, 0) is 11.3 Å². The average Bonchev–Trinajstić information content (AvgIpc) is 3.15. The van der Waals surface area contributed by atoms with Crippen molar-refractivity contribution in [2.45, 2.75) is 58.9 Å². The van der Waals surface area contributed by atoms with E-state index >= 15 is 0 Å². The van der Waals surface area contributed by atoms with E-state index in [1.807, 2.05) is 21.3 Å². The standard InChI is InChI=1S/C25H33ClN4O2/c1-4-21(31)28-13-10-19(11-14-28)18-5-7-20(8-6-18)22-23(26)27-24-25(32)29(12-9-17(2)3)15-16-30(22)24/h5-8,17,19H,4,9-16H2,1-3H3. The molecule has 0 atom stereocenters. The van der Waals surface area contributed by atoms with Crippen molar-refractivity contribution in [3.05, 3.63) is 40.8 Å². The molecule has 0 aliphatic carbocycles. The van der Waals surface area contributed by atoms with Crippen molar-refractivity contribution >= 4 is 23.4 Å². The Balaban J connectivity index is 1.48. The number of carbonyl (C=O) groups is 2. The zero-order valence-corrected chi connectivity index (χ0v) is 20.1. The Morgan fingerprint density at radius 2 is 1.81 bits per heavy atom. The number of aromatic nitrogens is 2. The summed E-state index contributed by atoms with van der Waals surface area (Å²) in [6.07, 6.45) is 3.55. The zero-order chi connectivity index (χ0) is 22.8. The molecule has 0 bridgehead atoms. The third kappa shape index (κ3) is 4.56. The van der Waals surface area contributed by atoms with E-state index in [0.717, 1.165) is 50.2 Å². The van der Waals surface area contributed by atoms with E-state index < -0.39 is 0 Å². The average molecular weight is 457 g/mol. The van der Waals surface area contributed by atoms with Crippen LogP contribution in [0.5, 0.6) is 0 Å². The summed E-state index contributed by atoms with van der Waals surface area (Å²) < 4.78 is 1.97. The van der Waals surface area contributed by atoms with Gasteiger partial charge in [-0.25, -0.2) is 4.98 Å². The van der Waals surface area contributed by atoms with Crippen molar-refractivity contribution in [1.29, 1.82) is 0 Å². The molecule has 1 saturated heterocycles. The van der Waals surface area contributed by atoms with Gasteiger partial charge in [-0.3, -0.25) is 9.59 Å². The highest BCUT2D eigenvalue weighted by Crippen LogP contribution is 2.34. The number of halogens is 1. The smallest absolute Gasteiger partial charge is 0.289 e. The summed E-state index contributed by atoms with van der Waals surface area (Å²) >= 11 is 6.52. The molecule has 0 saturated carbocycles. The number of rotatable bonds is 6. The molecule has 2 aliphatic heterocycles. The lowest BCUT2D eigenvalue weighted by Gasteiger charge is -2.32. The van der Waals surface area contributed by atoms with Gasteiger partial charge in [0.1, 0.15) is 0 Å². The molecule has 0 unspecified atom stereocenters. The van der Waals surface area contributed by atoms with Crippen LogP contribution in [0.15, 0.2) is 24.3 Å². The van der Waals surface area contributed by atoms with Crippen LogP contribution in [0.25, 0.3) is 11.3 Å². The van der Waals surface area contributed by atoms with Crippen LogP contribution < -0.4 is 0 Å². The predicted molar refractivity (Wildman–Crippen MR) is 127 cm³/mol. The maximum atomic E-state index is 12.9. The zero-order valence-electron chi connectivity index (χ0n) is 19.3. The minimum absolute atomic E-state index is 0.0324. The van der Waals surface area contributed by atoms with Gasteiger partial charge in [0.25, 0.3) is 5.91 Å². The van der Waals surface area contributed by atoms with Gasteiger partial charge in [-0.2, -0.15) is 0 Å². The van der Waals surface area contributed by atoms with Gasteiger partial charge in [0.2, 0.25) is 11.7 Å². The summed E-state index contributed by atoms with van der Waals surface area (Å²) in [4.78, 5) is 33.2. The Hall–Kier alpha value is -2.34. The van der Waals surface area contributed by atoms with Crippen molar-refractivity contribution in [2.24, 2.45) is 5.92 Å². The maximum Gasteiger partial charge on any atom is 0.289 e. The van der Waals surface area contributed by atoms with Gasteiger partial charge in [0.05, 0.1) is 5.69 Å². The van der Waals surface area contributed by atoms with Crippen LogP contribution in [0.4, 0.5) is 0 Å². The van der Waals surface area contributed by atoms with E-state index in [1.165, 1.54) is 5.56 Å². The van der Waals surface area contributed by atoms with Crippen LogP contribution in [0.2, 0.25) is 5.15 Å². The summed E-state index contributed by atoms with van der Waals surface area (Å²) in [6, 6.07) is 8.50. The summed E-state index contributed by atoms with van der Waals surface area (Å²) in [7, 11) is 0. The van der Waals surface area contributed by atoms with Gasteiger partial charge >= 0.3 is 0 Å². The highest BCUT2D eigenvalue weighted by molar-refractivity contribution is 6.32. The van der Waals surface area contributed by atoms with Crippen LogP contribution in [0.1, 0.15) is 68.6 Å². The molecule has 1 aromatic heterocycles. The van der Waals surface area contributed by atoms with Crippen molar-refractivity contribution in [2.75, 3.05) is 26.2 Å². The van der Waals surface area contributed by atoms with Gasteiger partial charge in [-0.1, -0.05) is 56.6 Å². The van der Waals surface area contributed by atoms with Gasteiger partial charge < -0.3 is 14.4 Å². The molecule has 0 spiro atoms. The quantitative estimate of drug-likeness (QED) is 0.626. The Morgan fingerprint density at radius 1 is 1.12 bits per heavy atom. The second kappa shape index (κ2) is 9.65. The Morgan fingerprint density at radius 3 is 2.44 bits per heavy atom. The number of amides is 2. The Labute approximate surface area is 195 Å². The minimum atomic E-state index is -0.0324. The van der Waals surface area contributed by atoms with E-state index in [2.05, 4.69) is 43.1 Å². The highest BCUT2D eigenvalue weighted by atomic mass is 35.5. The summed E-state index contributed by atoms with van der Waals surface area (Å²) in [5.41, 5.74) is 3.11. The molecule has 3 heterocycles. The second-order valence-corrected chi connectivity index (χ2v) is 9.69. The first-order valence-electron chi connectivity index (χ1n) is 11.8. The summed E-state index contributed by atoms with van der Waals surface area (Å²) in [6.45, 7) is 10.1. The third-order valence-electron chi connectivity index (χ3n) is 6.78. The largest absolute Gasteiger partial charge is 0.343 e. The Kier molecular flexibility index (Phi) is 6.89. The van der Waals surface area contributed by atoms with Crippen molar-refractivity contribution in [1.82, 2.24) is 19.4 Å². The van der Waals surface area contributed by atoms with E-state index in [9.17, 15) is 9.59 Å². The lowest BCUT2D eigenvalue weighted by atomic mass is 9.88. The number of imidazole rings is 1. The van der Waals surface area contributed by atoms with E-state index in [1.54, 1.807) is 0 Å². The van der Waals surface area contributed by atoms with Crippen molar-refractivity contribution in [3.8, 4) is 11.3 Å². The molecule has 2 amide bonds. The number of piperidine rings is 1. The lowest BCUT2D eigenvalue weighted by molar-refractivity contribution is -0.131. The second-order valence-electron chi connectivity index (χ2n) is 9.33. The number of benzene rings is 1. The first-order chi connectivity index (χ1) is 15.4. The molecule has 2 aromatic rings. The third-order valence-corrected chi connectivity index (χ3v) is 7.04. The first kappa shape index (κ1) is 22.8. The molecule has 1 fully saturated rings. The molecule has 7 heteroatoms. The minimum Gasteiger partial charge on any atom is -0.343 e. The van der Waals surface area contributed by atoms with Crippen molar-refractivity contribution < 1.29 is 9.59 Å². The number of carbonyl (C=O) groups excluding carboxylic acids is 2.